The Balaban J connectivity index is 2.00. The van der Waals surface area contributed by atoms with Crippen LogP contribution in [0.3, 0.4) is 0 Å². The molecule has 0 aliphatic rings. The molecule has 0 unspecified atom stereocenters. The zero-order chi connectivity index (χ0) is 13.9. The number of benzene rings is 1. The highest BCUT2D eigenvalue weighted by Crippen LogP contribution is 2.35. The Labute approximate surface area is 124 Å². The molecular formula is C13H12N4OS2. The number of aromatic amines is 2. The number of rotatable bonds is 4. The molecule has 3 aromatic rings. The lowest BCUT2D eigenvalue weighted by atomic mass is 10.2. The van der Waals surface area contributed by atoms with Gasteiger partial charge in [-0.05, 0) is 31.3 Å². The van der Waals surface area contributed by atoms with Gasteiger partial charge in [0, 0.05) is 6.20 Å². The van der Waals surface area contributed by atoms with Gasteiger partial charge in [-0.3, -0.25) is 10.2 Å². The number of hydrogen-bond acceptors (Lipinski definition) is 5. The lowest BCUT2D eigenvalue weighted by molar-refractivity contribution is 0.341. The zero-order valence-corrected chi connectivity index (χ0v) is 12.3. The zero-order valence-electron chi connectivity index (χ0n) is 10.7. The van der Waals surface area contributed by atoms with Crippen molar-refractivity contribution in [3.8, 4) is 27.0 Å². The van der Waals surface area contributed by atoms with Crippen molar-refractivity contribution in [3.05, 3.63) is 35.2 Å². The van der Waals surface area contributed by atoms with E-state index in [-0.39, 0.29) is 0 Å². The molecule has 0 atom stereocenters. The van der Waals surface area contributed by atoms with Crippen LogP contribution in [0.5, 0.6) is 5.75 Å². The molecule has 0 saturated carbocycles. The van der Waals surface area contributed by atoms with E-state index in [2.05, 4.69) is 20.2 Å². The second-order valence-corrected chi connectivity index (χ2v) is 5.39. The third-order valence-corrected chi connectivity index (χ3v) is 3.89. The molecule has 2 N–H and O–H groups in total. The number of thiazole rings is 1. The Morgan fingerprint density at radius 3 is 2.90 bits per heavy atom. The minimum atomic E-state index is 0.435. The molecule has 0 radical (unpaired) electrons. The van der Waals surface area contributed by atoms with E-state index in [4.69, 9.17) is 17.0 Å². The van der Waals surface area contributed by atoms with Gasteiger partial charge in [-0.1, -0.05) is 12.1 Å². The predicted octanol–water partition coefficient (Wildman–Crippen LogP) is 3.66. The molecule has 0 aliphatic carbocycles. The van der Waals surface area contributed by atoms with Crippen LogP contribution in [-0.4, -0.2) is 26.8 Å². The van der Waals surface area contributed by atoms with Crippen LogP contribution in [0.2, 0.25) is 0 Å². The van der Waals surface area contributed by atoms with Crippen LogP contribution in [0, 0.1) is 4.77 Å². The summed E-state index contributed by atoms with van der Waals surface area (Å²) < 4.78 is 6.07. The molecule has 0 amide bonds. The summed E-state index contributed by atoms with van der Waals surface area (Å²) in [4.78, 5) is 9.56. The van der Waals surface area contributed by atoms with Gasteiger partial charge in [-0.25, -0.2) is 4.98 Å². The average Bonchev–Trinajstić information content (AvgIpc) is 3.08. The maximum Gasteiger partial charge on any atom is 0.213 e. The quantitative estimate of drug-likeness (QED) is 0.722. The molecule has 2 aromatic heterocycles. The first-order chi connectivity index (χ1) is 9.78. The Kier molecular flexibility index (Phi) is 3.62. The van der Waals surface area contributed by atoms with Crippen molar-refractivity contribution >= 4 is 23.6 Å². The lowest BCUT2D eigenvalue weighted by Gasteiger charge is -2.06. The molecule has 0 spiro atoms. The molecule has 5 nitrogen and oxygen atoms in total. The highest BCUT2D eigenvalue weighted by Gasteiger charge is 2.12. The van der Waals surface area contributed by atoms with Gasteiger partial charge >= 0.3 is 0 Å². The highest BCUT2D eigenvalue weighted by molar-refractivity contribution is 7.71. The number of ether oxygens (including phenoxy) is 1. The van der Waals surface area contributed by atoms with Crippen molar-refractivity contribution in [3.63, 3.8) is 0 Å². The molecule has 0 bridgehead atoms. The van der Waals surface area contributed by atoms with E-state index in [1.807, 2.05) is 31.2 Å². The maximum absolute atomic E-state index is 5.63. The fraction of sp³-hybridized carbons (Fsp3) is 0.154. The topological polar surface area (TPSA) is 66.6 Å². The van der Waals surface area contributed by atoms with E-state index >= 15 is 0 Å². The average molecular weight is 304 g/mol. The van der Waals surface area contributed by atoms with Crippen LogP contribution >= 0.6 is 23.6 Å². The first kappa shape index (κ1) is 13.0. The number of aromatic nitrogens is 4. The van der Waals surface area contributed by atoms with E-state index in [9.17, 15) is 0 Å². The van der Waals surface area contributed by atoms with E-state index in [1.54, 1.807) is 17.5 Å². The Hall–Kier alpha value is -1.99. The summed E-state index contributed by atoms with van der Waals surface area (Å²) in [6.45, 7) is 2.59. The molecule has 3 rings (SSSR count). The number of para-hydroxylation sites is 1. The minimum absolute atomic E-state index is 0.435. The van der Waals surface area contributed by atoms with Gasteiger partial charge in [0.15, 0.2) is 5.82 Å². The predicted molar refractivity (Wildman–Crippen MR) is 81.5 cm³/mol. The van der Waals surface area contributed by atoms with Gasteiger partial charge in [0.1, 0.15) is 10.8 Å². The van der Waals surface area contributed by atoms with Crippen molar-refractivity contribution < 1.29 is 4.74 Å². The SMILES string of the molecule is CCOc1ccccc1-c1ncc(-c2nc(=S)[nH][nH]2)s1. The van der Waals surface area contributed by atoms with E-state index in [1.165, 1.54) is 0 Å². The molecule has 0 saturated heterocycles. The van der Waals surface area contributed by atoms with Crippen LogP contribution in [0.15, 0.2) is 30.5 Å². The third-order valence-electron chi connectivity index (χ3n) is 2.66. The first-order valence-electron chi connectivity index (χ1n) is 6.11. The van der Waals surface area contributed by atoms with Crippen molar-refractivity contribution in [2.24, 2.45) is 0 Å². The van der Waals surface area contributed by atoms with E-state index in [0.717, 1.165) is 21.2 Å². The fourth-order valence-electron chi connectivity index (χ4n) is 1.82. The largest absolute Gasteiger partial charge is 0.493 e. The van der Waals surface area contributed by atoms with E-state index in [0.29, 0.717) is 17.2 Å². The van der Waals surface area contributed by atoms with Gasteiger partial charge in [0.25, 0.3) is 0 Å². The van der Waals surface area contributed by atoms with Crippen molar-refractivity contribution in [2.45, 2.75) is 6.92 Å². The summed E-state index contributed by atoms with van der Waals surface area (Å²) in [5.74, 6) is 1.54. The maximum atomic E-state index is 5.63. The molecule has 0 fully saturated rings. The smallest absolute Gasteiger partial charge is 0.213 e. The lowest BCUT2D eigenvalue weighted by Crippen LogP contribution is -1.93. The fourth-order valence-corrected chi connectivity index (χ4v) is 2.85. The van der Waals surface area contributed by atoms with Crippen molar-refractivity contribution in [1.82, 2.24) is 20.2 Å². The molecule has 102 valence electrons. The Morgan fingerprint density at radius 2 is 2.15 bits per heavy atom. The molecule has 2 heterocycles. The van der Waals surface area contributed by atoms with Crippen molar-refractivity contribution in [2.75, 3.05) is 6.61 Å². The summed E-state index contributed by atoms with van der Waals surface area (Å²) in [6, 6.07) is 7.87. The van der Waals surface area contributed by atoms with Crippen LogP contribution in [0.1, 0.15) is 6.92 Å². The third kappa shape index (κ3) is 2.50. The monoisotopic (exact) mass is 304 g/mol. The number of nitrogens with zero attached hydrogens (tertiary/aromatic N) is 2. The highest BCUT2D eigenvalue weighted by atomic mass is 32.1. The molecule has 20 heavy (non-hydrogen) atoms. The second kappa shape index (κ2) is 5.56. The number of H-pyrrole nitrogens is 2. The summed E-state index contributed by atoms with van der Waals surface area (Å²) in [7, 11) is 0. The van der Waals surface area contributed by atoms with Gasteiger partial charge in [0.05, 0.1) is 17.0 Å². The van der Waals surface area contributed by atoms with E-state index < -0.39 is 0 Å². The Bertz CT molecular complexity index is 774. The molecule has 7 heteroatoms. The van der Waals surface area contributed by atoms with Gasteiger partial charge in [-0.2, -0.15) is 4.98 Å². The van der Waals surface area contributed by atoms with Crippen LogP contribution < -0.4 is 4.74 Å². The van der Waals surface area contributed by atoms with Crippen LogP contribution in [-0.2, 0) is 0 Å². The number of hydrogen-bond donors (Lipinski definition) is 2. The van der Waals surface area contributed by atoms with Crippen LogP contribution in [0.4, 0.5) is 0 Å². The second-order valence-electron chi connectivity index (χ2n) is 3.97. The minimum Gasteiger partial charge on any atom is -0.493 e. The normalized spacial score (nSPS) is 10.7. The summed E-state index contributed by atoms with van der Waals surface area (Å²) >= 11 is 6.50. The van der Waals surface area contributed by atoms with Gasteiger partial charge in [-0.15, -0.1) is 11.3 Å². The number of nitrogens with one attached hydrogen (secondary N) is 2. The standard InChI is InChI=1S/C13H12N4OS2/c1-2-18-9-6-4-3-5-8(9)12-14-7-10(20-12)11-15-13(19)17-16-11/h3-7H,2H2,1H3,(H2,15,16,17,19). The van der Waals surface area contributed by atoms with Crippen LogP contribution in [0.25, 0.3) is 21.3 Å². The molecule has 0 aliphatic heterocycles. The molecular weight excluding hydrogens is 292 g/mol. The van der Waals surface area contributed by atoms with Gasteiger partial charge in [0.2, 0.25) is 4.77 Å². The Morgan fingerprint density at radius 1 is 1.30 bits per heavy atom. The summed E-state index contributed by atoms with van der Waals surface area (Å²) in [5.41, 5.74) is 0.986. The summed E-state index contributed by atoms with van der Waals surface area (Å²) in [6.07, 6.45) is 1.78. The molecule has 1 aromatic carbocycles. The van der Waals surface area contributed by atoms with Gasteiger partial charge < -0.3 is 4.74 Å². The van der Waals surface area contributed by atoms with Crippen molar-refractivity contribution in [1.29, 1.82) is 0 Å². The first-order valence-corrected chi connectivity index (χ1v) is 7.33. The summed E-state index contributed by atoms with van der Waals surface area (Å²) in [5, 5.41) is 6.60.